The van der Waals surface area contributed by atoms with Gasteiger partial charge in [-0.15, -0.1) is 0 Å². The average molecular weight is 296 g/mol. The van der Waals surface area contributed by atoms with Gasteiger partial charge in [-0.05, 0) is 42.3 Å². The normalized spacial score (nSPS) is 11.5. The Morgan fingerprint density at radius 2 is 1.74 bits per heavy atom. The van der Waals surface area contributed by atoms with E-state index in [0.29, 0.717) is 21.8 Å². The van der Waals surface area contributed by atoms with Gasteiger partial charge in [0.2, 0.25) is 0 Å². The Labute approximate surface area is 117 Å². The van der Waals surface area contributed by atoms with Crippen LogP contribution < -0.4 is 5.73 Å². The second kappa shape index (κ2) is 5.23. The van der Waals surface area contributed by atoms with Crippen LogP contribution in [-0.4, -0.2) is 8.42 Å². The number of nitrogen functional groups attached to an aromatic ring is 1. The number of nitrogens with two attached hydrogens (primary N) is 1. The first-order valence-electron chi connectivity index (χ1n) is 5.72. The fraction of sp³-hybridized carbons (Fsp3) is 0.143. The molecule has 0 saturated heterocycles. The van der Waals surface area contributed by atoms with Gasteiger partial charge in [0.15, 0.2) is 9.84 Å². The van der Waals surface area contributed by atoms with E-state index in [9.17, 15) is 8.42 Å². The molecule has 5 heteroatoms. The molecule has 0 fully saturated rings. The van der Waals surface area contributed by atoms with Crippen molar-refractivity contribution in [3.05, 3.63) is 58.6 Å². The summed E-state index contributed by atoms with van der Waals surface area (Å²) < 4.78 is 24.7. The van der Waals surface area contributed by atoms with Gasteiger partial charge in [0.05, 0.1) is 10.6 Å². The molecule has 0 spiro atoms. The van der Waals surface area contributed by atoms with Crippen LogP contribution >= 0.6 is 11.6 Å². The predicted molar refractivity (Wildman–Crippen MR) is 77.9 cm³/mol. The fourth-order valence-corrected chi connectivity index (χ4v) is 3.62. The lowest BCUT2D eigenvalue weighted by molar-refractivity contribution is 0.594. The molecule has 0 atom stereocenters. The number of halogens is 1. The third-order valence-corrected chi connectivity index (χ3v) is 4.89. The lowest BCUT2D eigenvalue weighted by Crippen LogP contribution is -2.07. The van der Waals surface area contributed by atoms with Gasteiger partial charge in [0.1, 0.15) is 0 Å². The fourth-order valence-electron chi connectivity index (χ4n) is 1.83. The van der Waals surface area contributed by atoms with Gasteiger partial charge >= 0.3 is 0 Å². The van der Waals surface area contributed by atoms with Crippen LogP contribution in [0.25, 0.3) is 0 Å². The van der Waals surface area contributed by atoms with E-state index in [0.717, 1.165) is 0 Å². The van der Waals surface area contributed by atoms with Crippen LogP contribution in [-0.2, 0) is 15.6 Å². The van der Waals surface area contributed by atoms with Gasteiger partial charge in [-0.1, -0.05) is 29.8 Å². The van der Waals surface area contributed by atoms with Crippen molar-refractivity contribution in [2.24, 2.45) is 0 Å². The Bertz CT molecular complexity index is 694. The molecule has 3 nitrogen and oxygen atoms in total. The lowest BCUT2D eigenvalue weighted by Gasteiger charge is -2.09. The summed E-state index contributed by atoms with van der Waals surface area (Å²) in [5.74, 6) is -0.0610. The maximum absolute atomic E-state index is 12.4. The smallest absolute Gasteiger partial charge is 0.182 e. The number of hydrogen-bond donors (Lipinski definition) is 1. The summed E-state index contributed by atoms with van der Waals surface area (Å²) in [6.45, 7) is 1.76. The van der Waals surface area contributed by atoms with Crippen molar-refractivity contribution in [1.82, 2.24) is 0 Å². The molecule has 0 amide bonds. The molecule has 100 valence electrons. The highest BCUT2D eigenvalue weighted by atomic mass is 35.5. The van der Waals surface area contributed by atoms with Crippen molar-refractivity contribution >= 4 is 27.1 Å². The van der Waals surface area contributed by atoms with Gasteiger partial charge in [0, 0.05) is 10.7 Å². The molecule has 0 aliphatic heterocycles. The van der Waals surface area contributed by atoms with Crippen LogP contribution in [0.4, 0.5) is 5.69 Å². The van der Waals surface area contributed by atoms with Crippen LogP contribution in [0, 0.1) is 6.92 Å². The highest BCUT2D eigenvalue weighted by Crippen LogP contribution is 2.23. The Morgan fingerprint density at radius 1 is 1.11 bits per heavy atom. The predicted octanol–water partition coefficient (Wildman–Crippen LogP) is 3.20. The second-order valence-electron chi connectivity index (χ2n) is 4.41. The summed E-state index contributed by atoms with van der Waals surface area (Å²) in [5.41, 5.74) is 7.50. The zero-order chi connectivity index (χ0) is 14.0. The maximum atomic E-state index is 12.4. The molecule has 0 aliphatic rings. The molecular formula is C14H14ClNO2S. The topological polar surface area (TPSA) is 60.2 Å². The SMILES string of the molecule is Cc1ccc(N)cc1S(=O)(=O)Cc1ccc(Cl)cc1. The summed E-state index contributed by atoms with van der Waals surface area (Å²) in [7, 11) is -3.40. The van der Waals surface area contributed by atoms with E-state index < -0.39 is 9.84 Å². The minimum Gasteiger partial charge on any atom is -0.399 e. The van der Waals surface area contributed by atoms with E-state index >= 15 is 0 Å². The molecule has 0 aliphatic carbocycles. The van der Waals surface area contributed by atoms with Gasteiger partial charge in [-0.25, -0.2) is 8.42 Å². The molecule has 0 radical (unpaired) electrons. The Hall–Kier alpha value is -1.52. The highest BCUT2D eigenvalue weighted by molar-refractivity contribution is 7.90. The van der Waals surface area contributed by atoms with Crippen molar-refractivity contribution in [3.8, 4) is 0 Å². The molecule has 0 aromatic heterocycles. The van der Waals surface area contributed by atoms with Gasteiger partial charge in [-0.3, -0.25) is 0 Å². The first-order chi connectivity index (χ1) is 8.88. The summed E-state index contributed by atoms with van der Waals surface area (Å²) in [6, 6.07) is 11.7. The number of aryl methyl sites for hydroxylation is 1. The molecule has 19 heavy (non-hydrogen) atoms. The molecular weight excluding hydrogens is 282 g/mol. The zero-order valence-corrected chi connectivity index (χ0v) is 12.0. The molecule has 2 N–H and O–H groups in total. The Kier molecular flexibility index (Phi) is 3.83. The summed E-state index contributed by atoms with van der Waals surface area (Å²) in [4.78, 5) is 0.280. The van der Waals surface area contributed by atoms with E-state index in [1.54, 1.807) is 43.3 Å². The number of sulfone groups is 1. The van der Waals surface area contributed by atoms with Crippen LogP contribution in [0.15, 0.2) is 47.4 Å². The second-order valence-corrected chi connectivity index (χ2v) is 6.80. The highest BCUT2D eigenvalue weighted by Gasteiger charge is 2.18. The van der Waals surface area contributed by atoms with Crippen LogP contribution in [0.1, 0.15) is 11.1 Å². The van der Waals surface area contributed by atoms with Crippen molar-refractivity contribution in [2.75, 3.05) is 5.73 Å². The van der Waals surface area contributed by atoms with Gasteiger partial charge in [-0.2, -0.15) is 0 Å². The quantitative estimate of drug-likeness (QED) is 0.885. The largest absolute Gasteiger partial charge is 0.399 e. The number of benzene rings is 2. The van der Waals surface area contributed by atoms with Crippen molar-refractivity contribution in [3.63, 3.8) is 0 Å². The molecule has 2 aromatic carbocycles. The monoisotopic (exact) mass is 295 g/mol. The summed E-state index contributed by atoms with van der Waals surface area (Å²) in [5, 5.41) is 0.585. The molecule has 2 aromatic rings. The standard InChI is InChI=1S/C14H14ClNO2S/c1-10-2-7-13(16)8-14(10)19(17,18)9-11-3-5-12(15)6-4-11/h2-8H,9,16H2,1H3. The van der Waals surface area contributed by atoms with Crippen molar-refractivity contribution < 1.29 is 8.42 Å². The Morgan fingerprint density at radius 3 is 2.37 bits per heavy atom. The number of anilines is 1. The van der Waals surface area contributed by atoms with Crippen LogP contribution in [0.2, 0.25) is 5.02 Å². The lowest BCUT2D eigenvalue weighted by atomic mass is 10.2. The molecule has 2 rings (SSSR count). The van der Waals surface area contributed by atoms with Gasteiger partial charge < -0.3 is 5.73 Å². The number of hydrogen-bond acceptors (Lipinski definition) is 3. The minimum absolute atomic E-state index is 0.0610. The average Bonchev–Trinajstić information content (AvgIpc) is 2.35. The van der Waals surface area contributed by atoms with E-state index in [-0.39, 0.29) is 10.6 Å². The van der Waals surface area contributed by atoms with Crippen molar-refractivity contribution in [2.45, 2.75) is 17.6 Å². The first kappa shape index (κ1) is 13.9. The Balaban J connectivity index is 2.37. The van der Waals surface area contributed by atoms with Gasteiger partial charge in [0.25, 0.3) is 0 Å². The first-order valence-corrected chi connectivity index (χ1v) is 7.75. The number of rotatable bonds is 3. The van der Waals surface area contributed by atoms with E-state index in [1.807, 2.05) is 0 Å². The van der Waals surface area contributed by atoms with E-state index in [4.69, 9.17) is 17.3 Å². The third-order valence-electron chi connectivity index (χ3n) is 2.82. The molecule has 0 saturated carbocycles. The minimum atomic E-state index is -3.40. The molecule has 0 unspecified atom stereocenters. The van der Waals surface area contributed by atoms with Crippen LogP contribution in [0.5, 0.6) is 0 Å². The third kappa shape index (κ3) is 3.28. The zero-order valence-electron chi connectivity index (χ0n) is 10.4. The molecule has 0 heterocycles. The summed E-state index contributed by atoms with van der Waals surface area (Å²) >= 11 is 5.78. The van der Waals surface area contributed by atoms with E-state index in [2.05, 4.69) is 0 Å². The van der Waals surface area contributed by atoms with Crippen LogP contribution in [0.3, 0.4) is 0 Å². The maximum Gasteiger partial charge on any atom is 0.182 e. The van der Waals surface area contributed by atoms with Crippen molar-refractivity contribution in [1.29, 1.82) is 0 Å². The summed E-state index contributed by atoms with van der Waals surface area (Å²) in [6.07, 6.45) is 0. The van der Waals surface area contributed by atoms with E-state index in [1.165, 1.54) is 6.07 Å². The molecule has 0 bridgehead atoms.